The molecule has 2 amide bonds. The van der Waals surface area contributed by atoms with Gasteiger partial charge in [-0.25, -0.2) is 0 Å². The van der Waals surface area contributed by atoms with Gasteiger partial charge in [-0.05, 0) is 55.7 Å². The van der Waals surface area contributed by atoms with E-state index < -0.39 is 30.9 Å². The highest BCUT2D eigenvalue weighted by molar-refractivity contribution is 7.98. The molecule has 8 nitrogen and oxygen atoms in total. The van der Waals surface area contributed by atoms with Crippen LogP contribution in [0, 0.1) is 0 Å². The number of thioether (sulfide) groups is 1. The summed E-state index contributed by atoms with van der Waals surface area (Å²) < 4.78 is 0. The molecule has 1 aromatic heterocycles. The molecule has 2 aromatic rings. The van der Waals surface area contributed by atoms with E-state index >= 15 is 0 Å². The van der Waals surface area contributed by atoms with Gasteiger partial charge in [0.1, 0.15) is 11.7 Å². The molecular formula is C20H29BN4O4S. The average Bonchev–Trinajstić information content (AvgIpc) is 2.75. The van der Waals surface area contributed by atoms with Crippen molar-refractivity contribution in [3.8, 4) is 0 Å². The summed E-state index contributed by atoms with van der Waals surface area (Å²) in [4.78, 5) is 30.0. The zero-order valence-electron chi connectivity index (χ0n) is 17.1. The van der Waals surface area contributed by atoms with Crippen molar-refractivity contribution in [1.29, 1.82) is 0 Å². The molecule has 0 unspecified atom stereocenters. The molecule has 2 rings (SSSR count). The van der Waals surface area contributed by atoms with Crippen LogP contribution in [0.4, 0.5) is 0 Å². The molecule has 0 saturated heterocycles. The number of nitrogens with two attached hydrogens (primary N) is 1. The van der Waals surface area contributed by atoms with Crippen molar-refractivity contribution in [3.05, 3.63) is 42.2 Å². The van der Waals surface area contributed by atoms with E-state index in [1.54, 1.807) is 24.0 Å². The predicted molar refractivity (Wildman–Crippen MR) is 121 cm³/mol. The van der Waals surface area contributed by atoms with Gasteiger partial charge in [-0.2, -0.15) is 11.8 Å². The molecule has 30 heavy (non-hydrogen) atoms. The number of nitrogens with one attached hydrogen (secondary N) is 2. The van der Waals surface area contributed by atoms with Crippen molar-refractivity contribution in [3.63, 3.8) is 0 Å². The fourth-order valence-electron chi connectivity index (χ4n) is 3.11. The number of nitrogens with zero attached hydrogens (tertiary/aromatic N) is 1. The van der Waals surface area contributed by atoms with Crippen LogP contribution in [0.2, 0.25) is 0 Å². The van der Waals surface area contributed by atoms with Gasteiger partial charge >= 0.3 is 7.12 Å². The van der Waals surface area contributed by atoms with Crippen LogP contribution in [0.3, 0.4) is 0 Å². The second-order valence-electron chi connectivity index (χ2n) is 7.00. The molecule has 0 aliphatic heterocycles. The van der Waals surface area contributed by atoms with Crippen molar-refractivity contribution in [2.75, 3.05) is 18.6 Å². The Morgan fingerprint density at radius 1 is 1.17 bits per heavy atom. The number of pyridine rings is 1. The van der Waals surface area contributed by atoms with Crippen LogP contribution in [-0.2, 0) is 4.79 Å². The zero-order chi connectivity index (χ0) is 21.9. The average molecular weight is 432 g/mol. The van der Waals surface area contributed by atoms with Crippen LogP contribution in [0.15, 0.2) is 36.5 Å². The first-order valence-corrected chi connectivity index (χ1v) is 11.4. The Morgan fingerprint density at radius 3 is 2.63 bits per heavy atom. The maximum atomic E-state index is 12.9. The highest BCUT2D eigenvalue weighted by Crippen LogP contribution is 2.16. The van der Waals surface area contributed by atoms with Crippen molar-refractivity contribution in [2.45, 2.75) is 37.7 Å². The third-order valence-electron chi connectivity index (χ3n) is 4.78. The van der Waals surface area contributed by atoms with E-state index in [-0.39, 0.29) is 5.69 Å². The minimum atomic E-state index is -1.68. The van der Waals surface area contributed by atoms with E-state index in [0.29, 0.717) is 43.4 Å². The highest BCUT2D eigenvalue weighted by atomic mass is 32.2. The summed E-state index contributed by atoms with van der Waals surface area (Å²) in [5, 5.41) is 26.1. The molecule has 162 valence electrons. The lowest BCUT2D eigenvalue weighted by Crippen LogP contribution is -2.54. The molecule has 0 spiro atoms. The number of unbranched alkanes of at least 4 members (excludes halogenated alkanes) is 1. The Morgan fingerprint density at radius 2 is 1.93 bits per heavy atom. The molecule has 0 aliphatic rings. The molecule has 1 aromatic carbocycles. The number of carbonyl (C=O) groups excluding carboxylic acids is 2. The molecule has 0 fully saturated rings. The maximum Gasteiger partial charge on any atom is 0.475 e. The van der Waals surface area contributed by atoms with Crippen LogP contribution in [0.25, 0.3) is 10.8 Å². The minimum absolute atomic E-state index is 0.242. The predicted octanol–water partition coefficient (Wildman–Crippen LogP) is 0.712. The molecule has 0 saturated carbocycles. The number of amides is 2. The molecule has 10 heteroatoms. The third-order valence-corrected chi connectivity index (χ3v) is 5.42. The largest absolute Gasteiger partial charge is 0.475 e. The number of carbonyl (C=O) groups is 2. The van der Waals surface area contributed by atoms with E-state index in [0.717, 1.165) is 5.39 Å². The van der Waals surface area contributed by atoms with Crippen molar-refractivity contribution >= 4 is 41.5 Å². The van der Waals surface area contributed by atoms with Gasteiger partial charge in [0, 0.05) is 11.6 Å². The molecule has 0 bridgehead atoms. The summed E-state index contributed by atoms with van der Waals surface area (Å²) in [6, 6.07) is 8.38. The quantitative estimate of drug-likeness (QED) is 0.246. The lowest BCUT2D eigenvalue weighted by Gasteiger charge is -2.23. The Balaban J connectivity index is 2.16. The van der Waals surface area contributed by atoms with E-state index in [2.05, 4.69) is 15.6 Å². The first-order chi connectivity index (χ1) is 14.5. The molecule has 0 aliphatic carbocycles. The first-order valence-electron chi connectivity index (χ1n) is 9.98. The molecular weight excluding hydrogens is 403 g/mol. The summed E-state index contributed by atoms with van der Waals surface area (Å²) in [7, 11) is -1.68. The number of hydrogen-bond acceptors (Lipinski definition) is 7. The first kappa shape index (κ1) is 24.1. The van der Waals surface area contributed by atoms with Gasteiger partial charge in [0.15, 0.2) is 0 Å². The van der Waals surface area contributed by atoms with Gasteiger partial charge in [-0.1, -0.05) is 24.3 Å². The normalized spacial score (nSPS) is 12.9. The lowest BCUT2D eigenvalue weighted by molar-refractivity contribution is -0.123. The summed E-state index contributed by atoms with van der Waals surface area (Å²) in [5.74, 6) is -1.06. The summed E-state index contributed by atoms with van der Waals surface area (Å²) in [5.41, 5.74) is 5.80. The number of benzene rings is 1. The van der Waals surface area contributed by atoms with Crippen LogP contribution < -0.4 is 16.4 Å². The number of rotatable bonds is 12. The van der Waals surface area contributed by atoms with E-state index in [1.165, 1.54) is 0 Å². The summed E-state index contributed by atoms with van der Waals surface area (Å²) >= 11 is 1.54. The van der Waals surface area contributed by atoms with Crippen molar-refractivity contribution in [2.24, 2.45) is 5.73 Å². The standard InChI is InChI=1S/C20H29BN4O4S/c1-30-13-10-17(21(28)29)25-19(26)16(8-4-5-11-22)24-20(27)18-15-7-3-2-6-14(15)9-12-23-18/h2-3,6-7,9,12,16-17,28-29H,4-5,8,10-11,13,22H2,1H3,(H,24,27)(H,25,26)/t16-,17-/m0/s1. The van der Waals surface area contributed by atoms with Crippen LogP contribution in [-0.4, -0.2) is 64.5 Å². The fraction of sp³-hybridized carbons (Fsp3) is 0.450. The Kier molecular flexibility index (Phi) is 10.1. The SMILES string of the molecule is CSCC[C@H](NC(=O)[C@H](CCCCN)NC(=O)c1nccc2ccccc12)B(O)O. The Bertz CT molecular complexity index is 834. The van der Waals surface area contributed by atoms with Crippen LogP contribution in [0.1, 0.15) is 36.2 Å². The van der Waals surface area contributed by atoms with Gasteiger partial charge in [0.25, 0.3) is 5.91 Å². The zero-order valence-corrected chi connectivity index (χ0v) is 17.9. The van der Waals surface area contributed by atoms with Gasteiger partial charge in [0.05, 0.1) is 5.94 Å². The van der Waals surface area contributed by atoms with Gasteiger partial charge in [0.2, 0.25) is 5.91 Å². The molecule has 0 radical (unpaired) electrons. The highest BCUT2D eigenvalue weighted by Gasteiger charge is 2.29. The second kappa shape index (κ2) is 12.5. The van der Waals surface area contributed by atoms with Gasteiger partial charge in [-0.3, -0.25) is 14.6 Å². The van der Waals surface area contributed by atoms with Crippen LogP contribution in [0.5, 0.6) is 0 Å². The smallest absolute Gasteiger partial charge is 0.426 e. The molecule has 1 heterocycles. The van der Waals surface area contributed by atoms with Crippen molar-refractivity contribution < 1.29 is 19.6 Å². The van der Waals surface area contributed by atoms with E-state index in [1.807, 2.05) is 30.5 Å². The second-order valence-corrected chi connectivity index (χ2v) is 7.99. The summed E-state index contributed by atoms with van der Waals surface area (Å²) in [6.07, 6.45) is 5.60. The number of fused-ring (bicyclic) bond motifs is 1. The van der Waals surface area contributed by atoms with E-state index in [4.69, 9.17) is 5.73 Å². The molecule has 6 N–H and O–H groups in total. The minimum Gasteiger partial charge on any atom is -0.426 e. The topological polar surface area (TPSA) is 138 Å². The van der Waals surface area contributed by atoms with Crippen LogP contribution >= 0.6 is 11.8 Å². The Hall–Kier alpha value is -2.14. The van der Waals surface area contributed by atoms with Gasteiger partial charge < -0.3 is 26.4 Å². The summed E-state index contributed by atoms with van der Waals surface area (Å²) in [6.45, 7) is 0.485. The monoisotopic (exact) mass is 432 g/mol. The van der Waals surface area contributed by atoms with Gasteiger partial charge in [-0.15, -0.1) is 0 Å². The number of hydrogen-bond donors (Lipinski definition) is 5. The third kappa shape index (κ3) is 6.98. The lowest BCUT2D eigenvalue weighted by atomic mass is 9.77. The van der Waals surface area contributed by atoms with E-state index in [9.17, 15) is 19.6 Å². The number of aromatic nitrogens is 1. The van der Waals surface area contributed by atoms with Crippen molar-refractivity contribution in [1.82, 2.24) is 15.6 Å². The maximum absolute atomic E-state index is 12.9. The fourth-order valence-corrected chi connectivity index (χ4v) is 3.60. The molecule has 2 atom stereocenters. The Labute approximate surface area is 181 Å².